The summed E-state index contributed by atoms with van der Waals surface area (Å²) in [6.45, 7) is 0.889. The molecule has 0 bridgehead atoms. The largest absolute Gasteiger partial charge is 0.367 e. The molecule has 1 aliphatic heterocycles. The Morgan fingerprint density at radius 3 is 2.89 bits per heavy atom. The Bertz CT molecular complexity index is 1500. The van der Waals surface area contributed by atoms with Crippen molar-refractivity contribution in [1.29, 1.82) is 0 Å². The second-order valence-electron chi connectivity index (χ2n) is 8.35. The number of aromatic nitrogens is 4. The van der Waals surface area contributed by atoms with Crippen LogP contribution in [0.2, 0.25) is 5.02 Å². The molecule has 0 spiro atoms. The van der Waals surface area contributed by atoms with Crippen molar-refractivity contribution in [2.75, 3.05) is 25.0 Å². The summed E-state index contributed by atoms with van der Waals surface area (Å²) < 4.78 is 55.3. The van der Waals surface area contributed by atoms with Gasteiger partial charge < -0.3 is 10.3 Å². The molecule has 0 aliphatic carbocycles. The summed E-state index contributed by atoms with van der Waals surface area (Å²) in [6, 6.07) is 6.70. The number of fused-ring (bicyclic) bond motifs is 1. The number of hydrogen-bond acceptors (Lipinski definition) is 6. The number of piperidine rings is 1. The van der Waals surface area contributed by atoms with Crippen molar-refractivity contribution >= 4 is 38.5 Å². The van der Waals surface area contributed by atoms with Crippen molar-refractivity contribution in [3.8, 4) is 11.4 Å². The number of sulfonamides is 1. The van der Waals surface area contributed by atoms with E-state index in [0.29, 0.717) is 47.0 Å². The second kappa shape index (κ2) is 9.48. The van der Waals surface area contributed by atoms with E-state index in [4.69, 9.17) is 11.6 Å². The summed E-state index contributed by atoms with van der Waals surface area (Å²) in [5.74, 6) is -0.997. The van der Waals surface area contributed by atoms with Gasteiger partial charge in [0.1, 0.15) is 11.5 Å². The Morgan fingerprint density at radius 1 is 1.20 bits per heavy atom. The molecule has 0 radical (unpaired) electrons. The van der Waals surface area contributed by atoms with Gasteiger partial charge in [0, 0.05) is 43.0 Å². The molecule has 1 aromatic carbocycles. The number of H-pyrrole nitrogens is 1. The minimum absolute atomic E-state index is 0.0180. The molecule has 12 heteroatoms. The minimum atomic E-state index is -3.82. The molecule has 1 saturated heterocycles. The fourth-order valence-corrected chi connectivity index (χ4v) is 5.96. The normalized spacial score (nSPS) is 17.1. The Labute approximate surface area is 205 Å². The van der Waals surface area contributed by atoms with Gasteiger partial charge in [0.25, 0.3) is 0 Å². The number of nitrogens with zero attached hydrogens (tertiary/aromatic N) is 4. The van der Waals surface area contributed by atoms with E-state index < -0.39 is 21.7 Å². The van der Waals surface area contributed by atoms with Gasteiger partial charge >= 0.3 is 0 Å². The highest BCUT2D eigenvalue weighted by atomic mass is 35.5. The summed E-state index contributed by atoms with van der Waals surface area (Å²) in [5, 5.41) is 4.17. The average molecular weight is 519 g/mol. The van der Waals surface area contributed by atoms with Crippen LogP contribution in [0.5, 0.6) is 0 Å². The number of halogens is 3. The van der Waals surface area contributed by atoms with Gasteiger partial charge in [-0.2, -0.15) is 4.31 Å². The van der Waals surface area contributed by atoms with Crippen LogP contribution >= 0.6 is 11.6 Å². The summed E-state index contributed by atoms with van der Waals surface area (Å²) in [6.07, 6.45) is 5.69. The molecule has 1 fully saturated rings. The second-order valence-corrected chi connectivity index (χ2v) is 10.7. The third-order valence-electron chi connectivity index (χ3n) is 5.96. The lowest BCUT2D eigenvalue weighted by Gasteiger charge is -2.32. The molecular weight excluding hydrogens is 498 g/mol. The maximum Gasteiger partial charge on any atom is 0.243 e. The predicted molar refractivity (Wildman–Crippen MR) is 128 cm³/mol. The van der Waals surface area contributed by atoms with Crippen molar-refractivity contribution in [2.45, 2.75) is 17.7 Å². The van der Waals surface area contributed by atoms with Crippen LogP contribution in [-0.2, 0) is 10.0 Å². The smallest absolute Gasteiger partial charge is 0.243 e. The fourth-order valence-electron chi connectivity index (χ4n) is 4.21. The molecule has 2 N–H and O–H groups in total. The van der Waals surface area contributed by atoms with Gasteiger partial charge in [-0.15, -0.1) is 0 Å². The topological polar surface area (TPSA) is 104 Å². The first-order valence-corrected chi connectivity index (χ1v) is 12.8. The molecule has 0 amide bonds. The molecular formula is C23H21ClF2N6O2S. The molecule has 4 aromatic rings. The van der Waals surface area contributed by atoms with E-state index >= 15 is 0 Å². The van der Waals surface area contributed by atoms with Crippen molar-refractivity contribution in [3.63, 3.8) is 0 Å². The average Bonchev–Trinajstić information content (AvgIpc) is 3.27. The van der Waals surface area contributed by atoms with E-state index in [2.05, 4.69) is 25.3 Å². The number of rotatable bonds is 6. The number of anilines is 1. The number of hydrogen-bond donors (Lipinski definition) is 2. The lowest BCUT2D eigenvalue weighted by molar-refractivity contribution is 0.275. The highest BCUT2D eigenvalue weighted by Gasteiger charge is 2.30. The standard InChI is InChI=1S/C23H21ClF2N6O2S/c24-15-7-18-19(11-29-21(18)28-10-15)22-30-12-20(26)23(31-22)27-9-14-3-2-6-32(13-14)35(33,34)17-5-1-4-16(25)8-17/h1,4-5,7-8,10-12,14H,2-3,6,9,13H2,(H,28,29)(H,27,30,31)/t14-/m1/s1. The summed E-state index contributed by atoms with van der Waals surface area (Å²) >= 11 is 6.06. The lowest BCUT2D eigenvalue weighted by atomic mass is 10.00. The van der Waals surface area contributed by atoms with E-state index in [1.165, 1.54) is 28.7 Å². The predicted octanol–water partition coefficient (Wildman–Crippen LogP) is 4.46. The van der Waals surface area contributed by atoms with Crippen LogP contribution in [0.25, 0.3) is 22.4 Å². The fraction of sp³-hybridized carbons (Fsp3) is 0.261. The van der Waals surface area contributed by atoms with Crippen molar-refractivity contribution in [1.82, 2.24) is 24.2 Å². The highest BCUT2D eigenvalue weighted by Crippen LogP contribution is 2.29. The zero-order valence-electron chi connectivity index (χ0n) is 18.4. The number of pyridine rings is 1. The molecule has 182 valence electrons. The number of aromatic amines is 1. The summed E-state index contributed by atoms with van der Waals surface area (Å²) in [7, 11) is -3.82. The molecule has 1 atom stereocenters. The van der Waals surface area contributed by atoms with Gasteiger partial charge in [-0.25, -0.2) is 32.2 Å². The molecule has 5 rings (SSSR count). The van der Waals surface area contributed by atoms with Gasteiger partial charge in [0.2, 0.25) is 10.0 Å². The first-order chi connectivity index (χ1) is 16.8. The van der Waals surface area contributed by atoms with E-state index in [9.17, 15) is 17.2 Å². The van der Waals surface area contributed by atoms with Gasteiger partial charge in [-0.3, -0.25) is 0 Å². The molecule has 3 aromatic heterocycles. The van der Waals surface area contributed by atoms with Crippen LogP contribution in [0.1, 0.15) is 12.8 Å². The maximum absolute atomic E-state index is 14.5. The van der Waals surface area contributed by atoms with Crippen molar-refractivity contribution in [3.05, 3.63) is 65.6 Å². The van der Waals surface area contributed by atoms with Gasteiger partial charge in [0.15, 0.2) is 17.5 Å². The first-order valence-electron chi connectivity index (χ1n) is 11.0. The van der Waals surface area contributed by atoms with Crippen LogP contribution in [0.15, 0.2) is 53.8 Å². The maximum atomic E-state index is 14.5. The van der Waals surface area contributed by atoms with Gasteiger partial charge in [-0.1, -0.05) is 17.7 Å². The van der Waals surface area contributed by atoms with Crippen LogP contribution in [0.4, 0.5) is 14.6 Å². The molecule has 0 saturated carbocycles. The molecule has 8 nitrogen and oxygen atoms in total. The third kappa shape index (κ3) is 4.84. The zero-order chi connectivity index (χ0) is 24.6. The Hall–Kier alpha value is -3.15. The first kappa shape index (κ1) is 23.6. The van der Waals surface area contributed by atoms with Crippen molar-refractivity contribution < 1.29 is 17.2 Å². The third-order valence-corrected chi connectivity index (χ3v) is 8.02. The summed E-state index contributed by atoms with van der Waals surface area (Å²) in [4.78, 5) is 15.6. The van der Waals surface area contributed by atoms with E-state index in [-0.39, 0.29) is 23.2 Å². The van der Waals surface area contributed by atoms with Gasteiger partial charge in [-0.05, 0) is 43.0 Å². The molecule has 35 heavy (non-hydrogen) atoms. The lowest BCUT2D eigenvalue weighted by Crippen LogP contribution is -2.41. The Morgan fingerprint density at radius 2 is 2.06 bits per heavy atom. The Balaban J connectivity index is 1.32. The number of nitrogens with one attached hydrogen (secondary N) is 2. The van der Waals surface area contributed by atoms with Crippen molar-refractivity contribution in [2.24, 2.45) is 5.92 Å². The van der Waals surface area contributed by atoms with Crippen LogP contribution in [0, 0.1) is 17.6 Å². The molecule has 4 heterocycles. The Kier molecular flexibility index (Phi) is 6.39. The zero-order valence-corrected chi connectivity index (χ0v) is 20.0. The van der Waals surface area contributed by atoms with Crippen LogP contribution in [0.3, 0.4) is 0 Å². The quantitative estimate of drug-likeness (QED) is 0.390. The summed E-state index contributed by atoms with van der Waals surface area (Å²) in [5.41, 5.74) is 1.23. The molecule has 0 unspecified atom stereocenters. The van der Waals surface area contributed by atoms with E-state index in [1.54, 1.807) is 12.3 Å². The van der Waals surface area contributed by atoms with Gasteiger partial charge in [0.05, 0.1) is 16.1 Å². The highest BCUT2D eigenvalue weighted by molar-refractivity contribution is 7.89. The van der Waals surface area contributed by atoms with Crippen LogP contribution < -0.4 is 5.32 Å². The SMILES string of the molecule is O=S(=O)(c1cccc(F)c1)N1CCC[C@H](CNc2nc(-c3c[nH]c4ncc(Cl)cc34)ncc2F)C1. The van der Waals surface area contributed by atoms with Crippen LogP contribution in [-0.4, -0.2) is 52.3 Å². The van der Waals surface area contributed by atoms with E-state index in [0.717, 1.165) is 18.7 Å². The minimum Gasteiger partial charge on any atom is -0.367 e. The monoisotopic (exact) mass is 518 g/mol. The number of benzene rings is 1. The van der Waals surface area contributed by atoms with E-state index in [1.807, 2.05) is 0 Å². The molecule has 1 aliphatic rings.